The molecule has 0 aliphatic heterocycles. The summed E-state index contributed by atoms with van der Waals surface area (Å²) in [5.74, 6) is -0.869. The van der Waals surface area contributed by atoms with Crippen molar-refractivity contribution < 1.29 is 17.9 Å². The van der Waals surface area contributed by atoms with Gasteiger partial charge in [-0.3, -0.25) is 4.98 Å². The van der Waals surface area contributed by atoms with E-state index in [4.69, 9.17) is 10.5 Å². The fraction of sp³-hybridized carbons (Fsp3) is 0.692. The molecule has 0 amide bonds. The standard InChI is InChI=1S/C13H18F3N3O/c1-20-12-11(18-6-7-19-12)10(17)8-2-4-9(5-3-8)13(14,15)16/h6-10H,2-5,17H2,1H3. The third kappa shape index (κ3) is 3.20. The molecule has 7 heteroatoms. The van der Waals surface area contributed by atoms with Crippen molar-refractivity contribution in [3.05, 3.63) is 18.1 Å². The first kappa shape index (κ1) is 15.0. The lowest BCUT2D eigenvalue weighted by molar-refractivity contribution is -0.184. The van der Waals surface area contributed by atoms with E-state index in [2.05, 4.69) is 9.97 Å². The second kappa shape index (κ2) is 5.95. The fourth-order valence-electron chi connectivity index (χ4n) is 2.75. The van der Waals surface area contributed by atoms with Gasteiger partial charge in [0, 0.05) is 12.4 Å². The van der Waals surface area contributed by atoms with Crippen LogP contribution in [0.3, 0.4) is 0 Å². The van der Waals surface area contributed by atoms with Crippen molar-refractivity contribution in [3.63, 3.8) is 0 Å². The number of nitrogens with zero attached hydrogens (tertiary/aromatic N) is 2. The van der Waals surface area contributed by atoms with Crippen LogP contribution in [0, 0.1) is 11.8 Å². The minimum Gasteiger partial charge on any atom is -0.480 e. The van der Waals surface area contributed by atoms with Gasteiger partial charge < -0.3 is 10.5 Å². The third-order valence-corrected chi connectivity index (χ3v) is 3.94. The number of aromatic nitrogens is 2. The lowest BCUT2D eigenvalue weighted by Gasteiger charge is -2.32. The van der Waals surface area contributed by atoms with Gasteiger partial charge >= 0.3 is 6.18 Å². The number of ether oxygens (including phenoxy) is 1. The molecule has 0 saturated heterocycles. The van der Waals surface area contributed by atoms with Gasteiger partial charge in [0.05, 0.1) is 19.1 Å². The number of hydrogen-bond donors (Lipinski definition) is 1. The van der Waals surface area contributed by atoms with Crippen LogP contribution in [0.4, 0.5) is 13.2 Å². The molecule has 1 unspecified atom stereocenters. The van der Waals surface area contributed by atoms with Crippen LogP contribution < -0.4 is 10.5 Å². The van der Waals surface area contributed by atoms with Crippen LogP contribution >= 0.6 is 0 Å². The van der Waals surface area contributed by atoms with E-state index < -0.39 is 18.1 Å². The number of hydrogen-bond acceptors (Lipinski definition) is 4. The van der Waals surface area contributed by atoms with Gasteiger partial charge in [-0.15, -0.1) is 0 Å². The van der Waals surface area contributed by atoms with E-state index in [0.29, 0.717) is 24.4 Å². The Morgan fingerprint density at radius 2 is 1.80 bits per heavy atom. The minimum atomic E-state index is -4.10. The van der Waals surface area contributed by atoms with E-state index in [9.17, 15) is 13.2 Å². The second-order valence-corrected chi connectivity index (χ2v) is 5.13. The summed E-state index contributed by atoms with van der Waals surface area (Å²) in [7, 11) is 1.47. The number of rotatable bonds is 3. The molecule has 1 saturated carbocycles. The van der Waals surface area contributed by atoms with Crippen LogP contribution in [0.15, 0.2) is 12.4 Å². The van der Waals surface area contributed by atoms with E-state index in [1.165, 1.54) is 19.5 Å². The predicted octanol–water partition coefficient (Wildman–Crippen LogP) is 2.85. The van der Waals surface area contributed by atoms with E-state index in [1.807, 2.05) is 0 Å². The summed E-state index contributed by atoms with van der Waals surface area (Å²) in [6.45, 7) is 0. The van der Waals surface area contributed by atoms with Crippen molar-refractivity contribution in [2.75, 3.05) is 7.11 Å². The zero-order chi connectivity index (χ0) is 14.8. The lowest BCUT2D eigenvalue weighted by Crippen LogP contribution is -2.32. The molecular weight excluding hydrogens is 271 g/mol. The SMILES string of the molecule is COc1nccnc1C(N)C1CCC(C(F)(F)F)CC1. The smallest absolute Gasteiger partial charge is 0.391 e. The number of halogens is 3. The Kier molecular flexibility index (Phi) is 4.47. The van der Waals surface area contributed by atoms with Crippen LogP contribution in [0.5, 0.6) is 5.88 Å². The highest BCUT2D eigenvalue weighted by molar-refractivity contribution is 5.21. The summed E-state index contributed by atoms with van der Waals surface area (Å²) in [5.41, 5.74) is 6.66. The second-order valence-electron chi connectivity index (χ2n) is 5.13. The van der Waals surface area contributed by atoms with E-state index in [1.54, 1.807) is 0 Å². The average Bonchev–Trinajstić information content (AvgIpc) is 2.45. The number of alkyl halides is 3. The van der Waals surface area contributed by atoms with Crippen molar-refractivity contribution in [2.45, 2.75) is 37.9 Å². The average molecular weight is 289 g/mol. The molecule has 112 valence electrons. The first-order valence-electron chi connectivity index (χ1n) is 6.60. The summed E-state index contributed by atoms with van der Waals surface area (Å²) in [5, 5.41) is 0. The molecule has 1 aliphatic rings. The van der Waals surface area contributed by atoms with Crippen molar-refractivity contribution in [1.29, 1.82) is 0 Å². The molecule has 1 fully saturated rings. The first-order valence-corrected chi connectivity index (χ1v) is 6.60. The highest BCUT2D eigenvalue weighted by Crippen LogP contribution is 2.42. The molecule has 1 heterocycles. The Labute approximate surface area is 115 Å². The van der Waals surface area contributed by atoms with E-state index >= 15 is 0 Å². The summed E-state index contributed by atoms with van der Waals surface area (Å²) in [6, 6.07) is -0.437. The van der Waals surface area contributed by atoms with Gasteiger partial charge in [-0.05, 0) is 31.6 Å². The molecule has 2 N–H and O–H groups in total. The van der Waals surface area contributed by atoms with Gasteiger partial charge in [-0.1, -0.05) is 0 Å². The summed E-state index contributed by atoms with van der Waals surface area (Å²) < 4.78 is 43.0. The molecule has 1 aromatic rings. The van der Waals surface area contributed by atoms with Crippen molar-refractivity contribution >= 4 is 0 Å². The molecule has 0 bridgehead atoms. The lowest BCUT2D eigenvalue weighted by atomic mass is 9.77. The number of nitrogens with two attached hydrogens (primary N) is 1. The van der Waals surface area contributed by atoms with E-state index in [0.717, 1.165) is 0 Å². The largest absolute Gasteiger partial charge is 0.480 e. The highest BCUT2D eigenvalue weighted by Gasteiger charge is 2.42. The molecule has 1 aromatic heterocycles. The molecule has 1 atom stereocenters. The van der Waals surface area contributed by atoms with E-state index in [-0.39, 0.29) is 18.8 Å². The third-order valence-electron chi connectivity index (χ3n) is 3.94. The maximum Gasteiger partial charge on any atom is 0.391 e. The fourth-order valence-corrected chi connectivity index (χ4v) is 2.75. The zero-order valence-electron chi connectivity index (χ0n) is 11.2. The predicted molar refractivity (Wildman–Crippen MR) is 67.0 cm³/mol. The van der Waals surface area contributed by atoms with Crippen LogP contribution in [-0.2, 0) is 0 Å². The zero-order valence-corrected chi connectivity index (χ0v) is 11.2. The van der Waals surface area contributed by atoms with Gasteiger partial charge in [0.25, 0.3) is 0 Å². The first-order chi connectivity index (χ1) is 9.43. The Balaban J connectivity index is 2.03. The quantitative estimate of drug-likeness (QED) is 0.929. The Morgan fingerprint density at radius 3 is 2.35 bits per heavy atom. The monoisotopic (exact) mass is 289 g/mol. The van der Waals surface area contributed by atoms with Crippen molar-refractivity contribution in [3.8, 4) is 5.88 Å². The van der Waals surface area contributed by atoms with Gasteiger partial charge in [0.1, 0.15) is 5.69 Å². The minimum absolute atomic E-state index is 0.0146. The number of methoxy groups -OCH3 is 1. The summed E-state index contributed by atoms with van der Waals surface area (Å²) in [6.07, 6.45) is 0.0685. The highest BCUT2D eigenvalue weighted by atomic mass is 19.4. The molecule has 20 heavy (non-hydrogen) atoms. The van der Waals surface area contributed by atoms with Crippen LogP contribution in [-0.4, -0.2) is 23.3 Å². The molecule has 0 aromatic carbocycles. The van der Waals surface area contributed by atoms with Gasteiger partial charge in [0.15, 0.2) is 0 Å². The molecule has 0 spiro atoms. The molecule has 2 rings (SSSR count). The normalized spacial score (nSPS) is 25.2. The molecule has 0 radical (unpaired) electrons. The maximum atomic E-state index is 12.6. The Hall–Kier alpha value is -1.37. The van der Waals surface area contributed by atoms with Crippen LogP contribution in [0.2, 0.25) is 0 Å². The Bertz CT molecular complexity index is 445. The van der Waals surface area contributed by atoms with Crippen LogP contribution in [0.1, 0.15) is 37.4 Å². The topological polar surface area (TPSA) is 61.0 Å². The maximum absolute atomic E-state index is 12.6. The van der Waals surface area contributed by atoms with Gasteiger partial charge in [-0.2, -0.15) is 13.2 Å². The Morgan fingerprint density at radius 1 is 1.20 bits per heavy atom. The summed E-state index contributed by atoms with van der Waals surface area (Å²) in [4.78, 5) is 8.18. The molecule has 4 nitrogen and oxygen atoms in total. The summed E-state index contributed by atoms with van der Waals surface area (Å²) >= 11 is 0. The van der Waals surface area contributed by atoms with Crippen LogP contribution in [0.25, 0.3) is 0 Å². The van der Waals surface area contributed by atoms with Crippen molar-refractivity contribution in [2.24, 2.45) is 17.6 Å². The van der Waals surface area contributed by atoms with Gasteiger partial charge in [-0.25, -0.2) is 4.98 Å². The molecule has 1 aliphatic carbocycles. The van der Waals surface area contributed by atoms with Gasteiger partial charge in [0.2, 0.25) is 5.88 Å². The molecular formula is C13H18F3N3O. The van der Waals surface area contributed by atoms with Crippen molar-refractivity contribution in [1.82, 2.24) is 9.97 Å².